The minimum atomic E-state index is -0.947. The van der Waals surface area contributed by atoms with Crippen molar-refractivity contribution in [2.45, 2.75) is 20.0 Å². The molecule has 0 saturated heterocycles. The summed E-state index contributed by atoms with van der Waals surface area (Å²) < 4.78 is 5.36. The highest BCUT2D eigenvalue weighted by molar-refractivity contribution is 6.68. The summed E-state index contributed by atoms with van der Waals surface area (Å²) >= 11 is 0. The molecule has 13 heavy (non-hydrogen) atoms. The predicted molar refractivity (Wildman–Crippen MR) is 55.1 cm³/mol. The maximum atomic E-state index is 10.9. The quantitative estimate of drug-likeness (QED) is 0.659. The van der Waals surface area contributed by atoms with Gasteiger partial charge in [-0.2, -0.15) is 0 Å². The maximum absolute atomic E-state index is 10.9. The molecule has 3 heteroatoms. The minimum absolute atomic E-state index is 0.288. The third kappa shape index (κ3) is 4.01. The Morgan fingerprint density at radius 2 is 2.08 bits per heavy atom. The van der Waals surface area contributed by atoms with Crippen LogP contribution < -0.4 is 0 Å². The van der Waals surface area contributed by atoms with Crippen LogP contribution in [0.3, 0.4) is 0 Å². The van der Waals surface area contributed by atoms with E-state index in [1.165, 1.54) is 0 Å². The largest absolute Gasteiger partial charge is 0.411 e. The van der Waals surface area contributed by atoms with Crippen molar-refractivity contribution in [1.82, 2.24) is 0 Å². The Hall–Kier alpha value is -0.933. The van der Waals surface area contributed by atoms with Gasteiger partial charge in [-0.1, -0.05) is 37.3 Å². The lowest BCUT2D eigenvalue weighted by Crippen LogP contribution is -2.11. The third-order valence-corrected chi connectivity index (χ3v) is 3.00. The van der Waals surface area contributed by atoms with E-state index in [-0.39, 0.29) is 5.41 Å². The van der Waals surface area contributed by atoms with Crippen molar-refractivity contribution in [3.05, 3.63) is 35.9 Å². The molecule has 0 unspecified atom stereocenters. The second-order valence-electron chi connectivity index (χ2n) is 2.87. The minimum Gasteiger partial charge on any atom is -0.411 e. The Kier molecular flexibility index (Phi) is 4.43. The van der Waals surface area contributed by atoms with Crippen molar-refractivity contribution in [3.63, 3.8) is 0 Å². The van der Waals surface area contributed by atoms with Crippen molar-refractivity contribution in [2.75, 3.05) is 0 Å². The van der Waals surface area contributed by atoms with E-state index < -0.39 is 9.76 Å². The average molecular weight is 194 g/mol. The van der Waals surface area contributed by atoms with Crippen molar-refractivity contribution >= 4 is 15.2 Å². The van der Waals surface area contributed by atoms with E-state index in [1.54, 1.807) is 0 Å². The number of rotatable bonds is 5. The lowest BCUT2D eigenvalue weighted by molar-refractivity contribution is -0.112. The Bertz CT molecular complexity index is 259. The van der Waals surface area contributed by atoms with Gasteiger partial charge in [0.25, 0.3) is 0 Å². The van der Waals surface area contributed by atoms with Gasteiger partial charge in [-0.05, 0) is 5.56 Å². The Morgan fingerprint density at radius 1 is 1.38 bits per heavy atom. The van der Waals surface area contributed by atoms with Crippen LogP contribution in [0.25, 0.3) is 0 Å². The highest BCUT2D eigenvalue weighted by Crippen LogP contribution is 1.99. The van der Waals surface area contributed by atoms with Crippen LogP contribution in [-0.4, -0.2) is 15.2 Å². The fourth-order valence-electron chi connectivity index (χ4n) is 0.959. The molecular weight excluding hydrogens is 180 g/mol. The van der Waals surface area contributed by atoms with E-state index in [0.29, 0.717) is 13.0 Å². The summed E-state index contributed by atoms with van der Waals surface area (Å²) in [6.07, 6.45) is 0.612. The first kappa shape index (κ1) is 10.1. The first-order valence-electron chi connectivity index (χ1n) is 4.46. The molecule has 1 aromatic rings. The molecule has 0 atom stereocenters. The van der Waals surface area contributed by atoms with Crippen LogP contribution in [0.2, 0.25) is 0 Å². The average Bonchev–Trinajstić information content (AvgIpc) is 2.19. The van der Waals surface area contributed by atoms with E-state index in [9.17, 15) is 4.79 Å². The van der Waals surface area contributed by atoms with Crippen LogP contribution in [0.4, 0.5) is 0 Å². The van der Waals surface area contributed by atoms with Crippen LogP contribution in [0.5, 0.6) is 0 Å². The molecule has 0 spiro atoms. The first-order chi connectivity index (χ1) is 6.33. The van der Waals surface area contributed by atoms with Crippen molar-refractivity contribution in [3.8, 4) is 0 Å². The molecule has 1 rings (SSSR count). The third-order valence-electron chi connectivity index (χ3n) is 1.77. The summed E-state index contributed by atoms with van der Waals surface area (Å²) in [5.74, 6) is 0. The standard InChI is InChI=1S/C10H14O2Si/c1-2-10(11)13-12-8-9-6-4-3-5-7-9/h3-7H,2,8,13H2,1H3. The normalized spacial score (nSPS) is 10.8. The lowest BCUT2D eigenvalue weighted by Gasteiger charge is -2.01. The molecule has 0 aliphatic rings. The van der Waals surface area contributed by atoms with Gasteiger partial charge in [0.1, 0.15) is 5.41 Å². The zero-order chi connectivity index (χ0) is 9.52. The smallest absolute Gasteiger partial charge is 0.234 e. The Balaban J connectivity index is 2.24. The summed E-state index contributed by atoms with van der Waals surface area (Å²) in [5.41, 5.74) is 1.14. The second-order valence-corrected chi connectivity index (χ2v) is 4.36. The van der Waals surface area contributed by atoms with Gasteiger partial charge >= 0.3 is 0 Å². The molecule has 0 heterocycles. The number of hydrogen-bond acceptors (Lipinski definition) is 2. The number of benzene rings is 1. The van der Waals surface area contributed by atoms with Crippen molar-refractivity contribution < 1.29 is 9.22 Å². The van der Waals surface area contributed by atoms with Gasteiger partial charge in [-0.15, -0.1) is 0 Å². The van der Waals surface area contributed by atoms with Crippen LogP contribution in [-0.2, 0) is 15.8 Å². The molecular formula is C10H14O2Si. The van der Waals surface area contributed by atoms with Crippen molar-refractivity contribution in [1.29, 1.82) is 0 Å². The first-order valence-corrected chi connectivity index (χ1v) is 5.74. The molecule has 0 radical (unpaired) electrons. The fraction of sp³-hybridized carbons (Fsp3) is 0.300. The molecule has 0 bridgehead atoms. The maximum Gasteiger partial charge on any atom is 0.234 e. The Labute approximate surface area is 80.9 Å². The summed E-state index contributed by atoms with van der Waals surface area (Å²) in [6, 6.07) is 9.93. The molecule has 0 aromatic heterocycles. The predicted octanol–water partition coefficient (Wildman–Crippen LogP) is 1.22. The van der Waals surface area contributed by atoms with Gasteiger partial charge in [-0.3, -0.25) is 0 Å². The van der Waals surface area contributed by atoms with Gasteiger partial charge < -0.3 is 9.22 Å². The van der Waals surface area contributed by atoms with Crippen molar-refractivity contribution in [2.24, 2.45) is 0 Å². The lowest BCUT2D eigenvalue weighted by atomic mass is 10.2. The Morgan fingerprint density at radius 3 is 2.69 bits per heavy atom. The molecule has 1 aromatic carbocycles. The van der Waals surface area contributed by atoms with E-state index in [0.717, 1.165) is 5.56 Å². The highest BCUT2D eigenvalue weighted by Gasteiger charge is 1.99. The van der Waals surface area contributed by atoms with E-state index in [2.05, 4.69) is 0 Å². The van der Waals surface area contributed by atoms with E-state index in [1.807, 2.05) is 37.3 Å². The van der Waals surface area contributed by atoms with Gasteiger partial charge in [-0.25, -0.2) is 0 Å². The molecule has 0 aliphatic carbocycles. The molecule has 0 amide bonds. The fourth-order valence-corrected chi connectivity index (χ4v) is 1.73. The SMILES string of the molecule is CCC(=O)[SiH2]OCc1ccccc1. The number of hydrogen-bond donors (Lipinski definition) is 0. The topological polar surface area (TPSA) is 26.3 Å². The van der Waals surface area contributed by atoms with Crippen LogP contribution in [0.15, 0.2) is 30.3 Å². The summed E-state index contributed by atoms with van der Waals surface area (Å²) in [4.78, 5) is 10.9. The molecule has 70 valence electrons. The van der Waals surface area contributed by atoms with E-state index >= 15 is 0 Å². The molecule has 0 saturated carbocycles. The van der Waals surface area contributed by atoms with Crippen LogP contribution >= 0.6 is 0 Å². The monoisotopic (exact) mass is 194 g/mol. The molecule has 2 nitrogen and oxygen atoms in total. The van der Waals surface area contributed by atoms with E-state index in [4.69, 9.17) is 4.43 Å². The zero-order valence-electron chi connectivity index (χ0n) is 7.82. The molecule has 0 fully saturated rings. The molecule has 0 aliphatic heterocycles. The zero-order valence-corrected chi connectivity index (χ0v) is 9.24. The van der Waals surface area contributed by atoms with Gasteiger partial charge in [0, 0.05) is 6.42 Å². The number of carbonyl (C=O) groups excluding carboxylic acids is 1. The van der Waals surface area contributed by atoms with Gasteiger partial charge in [0.05, 0.1) is 6.61 Å². The number of carbonyl (C=O) groups is 1. The highest BCUT2D eigenvalue weighted by atomic mass is 28.2. The van der Waals surface area contributed by atoms with Crippen LogP contribution in [0, 0.1) is 0 Å². The van der Waals surface area contributed by atoms with Gasteiger partial charge in [0.2, 0.25) is 9.76 Å². The van der Waals surface area contributed by atoms with Gasteiger partial charge in [0.15, 0.2) is 0 Å². The second kappa shape index (κ2) is 5.67. The molecule has 0 N–H and O–H groups in total. The summed E-state index contributed by atoms with van der Waals surface area (Å²) in [5, 5.41) is 0.288. The summed E-state index contributed by atoms with van der Waals surface area (Å²) in [6.45, 7) is 2.46. The van der Waals surface area contributed by atoms with Crippen LogP contribution in [0.1, 0.15) is 18.9 Å². The summed E-state index contributed by atoms with van der Waals surface area (Å²) in [7, 11) is -0.947.